The number of phenols is 2. The molecule has 5 N–H and O–H groups in total. The first-order chi connectivity index (χ1) is 9.99. The molecule has 0 bridgehead atoms. The third kappa shape index (κ3) is 3.73. The fourth-order valence-corrected chi connectivity index (χ4v) is 1.88. The highest BCUT2D eigenvalue weighted by molar-refractivity contribution is 5.94. The maximum Gasteiger partial charge on any atom is 0.241 e. The summed E-state index contributed by atoms with van der Waals surface area (Å²) >= 11 is 0. The van der Waals surface area contributed by atoms with Crippen molar-refractivity contribution in [2.75, 3.05) is 5.32 Å². The number of phenolic OH excluding ortho intramolecular Hbond substituents is 2. The van der Waals surface area contributed by atoms with Gasteiger partial charge in [-0.25, -0.2) is 0 Å². The smallest absolute Gasteiger partial charge is 0.241 e. The lowest BCUT2D eigenvalue weighted by atomic mass is 10.1. The van der Waals surface area contributed by atoms with Gasteiger partial charge in [-0.05, 0) is 31.0 Å². The van der Waals surface area contributed by atoms with E-state index in [1.54, 1.807) is 23.1 Å². The van der Waals surface area contributed by atoms with Crippen LogP contribution in [0.25, 0.3) is 0 Å². The minimum atomic E-state index is -0.765. The molecule has 7 nitrogen and oxygen atoms in total. The van der Waals surface area contributed by atoms with Gasteiger partial charge in [0.1, 0.15) is 0 Å². The van der Waals surface area contributed by atoms with Gasteiger partial charge in [0.15, 0.2) is 11.5 Å². The number of hydrogen-bond donors (Lipinski definition) is 4. The van der Waals surface area contributed by atoms with Gasteiger partial charge in [0, 0.05) is 12.7 Å². The normalized spacial score (nSPS) is 12.1. The summed E-state index contributed by atoms with van der Waals surface area (Å²) in [6.07, 6.45) is 3.53. The molecule has 21 heavy (non-hydrogen) atoms. The molecule has 0 spiro atoms. The lowest BCUT2D eigenvalue weighted by Gasteiger charge is -2.11. The molecule has 7 heteroatoms. The van der Waals surface area contributed by atoms with E-state index in [2.05, 4.69) is 10.4 Å². The summed E-state index contributed by atoms with van der Waals surface area (Å²) in [6, 6.07) is 3.59. The second kappa shape index (κ2) is 6.27. The average Bonchev–Trinajstić information content (AvgIpc) is 2.90. The van der Waals surface area contributed by atoms with Crippen molar-refractivity contribution < 1.29 is 15.0 Å². The Balaban J connectivity index is 1.97. The van der Waals surface area contributed by atoms with Gasteiger partial charge in [0.2, 0.25) is 5.91 Å². The molecule has 0 aliphatic carbocycles. The van der Waals surface area contributed by atoms with Crippen LogP contribution in [0.2, 0.25) is 0 Å². The molecule has 1 amide bonds. The van der Waals surface area contributed by atoms with Crippen molar-refractivity contribution in [2.45, 2.75) is 25.9 Å². The van der Waals surface area contributed by atoms with E-state index in [1.165, 1.54) is 12.1 Å². The Kier molecular flexibility index (Phi) is 4.44. The van der Waals surface area contributed by atoms with Crippen LogP contribution < -0.4 is 11.1 Å². The van der Waals surface area contributed by atoms with Crippen LogP contribution in [0.4, 0.5) is 5.69 Å². The van der Waals surface area contributed by atoms with Crippen LogP contribution in [0.3, 0.4) is 0 Å². The number of nitrogens with zero attached hydrogens (tertiary/aromatic N) is 2. The molecule has 1 heterocycles. The lowest BCUT2D eigenvalue weighted by molar-refractivity contribution is -0.117. The van der Waals surface area contributed by atoms with Crippen LogP contribution in [0.15, 0.2) is 30.6 Å². The first-order valence-corrected chi connectivity index (χ1v) is 6.59. The number of benzene rings is 1. The number of aromatic hydroxyl groups is 2. The van der Waals surface area contributed by atoms with E-state index in [1.807, 2.05) is 6.92 Å². The Labute approximate surface area is 122 Å². The number of carbonyl (C=O) groups excluding carboxylic acids is 1. The van der Waals surface area contributed by atoms with Gasteiger partial charge in [-0.2, -0.15) is 5.10 Å². The Hall–Kier alpha value is -2.54. The maximum absolute atomic E-state index is 12.0. The highest BCUT2D eigenvalue weighted by atomic mass is 16.3. The standard InChI is InChI=1S/C14H18N4O3/c1-2-18-8-10(7-16-18)17-14(21)11(15)5-9-3-4-12(19)13(20)6-9/h3-4,6-8,11,19-20H,2,5,15H2,1H3,(H,17,21)/t11-/m0/s1. The molecule has 112 valence electrons. The monoisotopic (exact) mass is 290 g/mol. The summed E-state index contributed by atoms with van der Waals surface area (Å²) in [6.45, 7) is 2.66. The highest BCUT2D eigenvalue weighted by Gasteiger charge is 2.15. The summed E-state index contributed by atoms with van der Waals surface area (Å²) in [5, 5.41) is 25.4. The molecule has 0 aliphatic rings. The second-order valence-corrected chi connectivity index (χ2v) is 4.71. The number of rotatable bonds is 5. The predicted molar refractivity (Wildman–Crippen MR) is 78.0 cm³/mol. The molecule has 0 saturated carbocycles. The zero-order chi connectivity index (χ0) is 15.4. The van der Waals surface area contributed by atoms with Crippen molar-refractivity contribution in [3.63, 3.8) is 0 Å². The van der Waals surface area contributed by atoms with Crippen molar-refractivity contribution in [3.8, 4) is 11.5 Å². The van der Waals surface area contributed by atoms with Crippen LogP contribution >= 0.6 is 0 Å². The third-order valence-corrected chi connectivity index (χ3v) is 3.06. The van der Waals surface area contributed by atoms with E-state index in [9.17, 15) is 15.0 Å². The topological polar surface area (TPSA) is 113 Å². The molecule has 0 saturated heterocycles. The number of aryl methyl sites for hydroxylation is 1. The van der Waals surface area contributed by atoms with Crippen LogP contribution in [-0.2, 0) is 17.8 Å². The first-order valence-electron chi connectivity index (χ1n) is 6.59. The maximum atomic E-state index is 12.0. The largest absolute Gasteiger partial charge is 0.504 e. The predicted octanol–water partition coefficient (Wildman–Crippen LogP) is 0.823. The van der Waals surface area contributed by atoms with Crippen molar-refractivity contribution in [2.24, 2.45) is 5.73 Å². The Morgan fingerprint density at radius 1 is 1.43 bits per heavy atom. The number of hydrogen-bond acceptors (Lipinski definition) is 5. The van der Waals surface area contributed by atoms with Gasteiger partial charge < -0.3 is 21.3 Å². The number of anilines is 1. The summed E-state index contributed by atoms with van der Waals surface area (Å²) in [5.74, 6) is -0.772. The fourth-order valence-electron chi connectivity index (χ4n) is 1.88. The van der Waals surface area contributed by atoms with Crippen LogP contribution in [0.1, 0.15) is 12.5 Å². The molecule has 2 aromatic rings. The van der Waals surface area contributed by atoms with Crippen molar-refractivity contribution in [1.29, 1.82) is 0 Å². The number of nitrogens with one attached hydrogen (secondary N) is 1. The fraction of sp³-hybridized carbons (Fsp3) is 0.286. The zero-order valence-corrected chi connectivity index (χ0v) is 11.7. The molecular weight excluding hydrogens is 272 g/mol. The summed E-state index contributed by atoms with van der Waals surface area (Å²) in [4.78, 5) is 12.0. The minimum Gasteiger partial charge on any atom is -0.504 e. The molecular formula is C14H18N4O3. The highest BCUT2D eigenvalue weighted by Crippen LogP contribution is 2.25. The van der Waals surface area contributed by atoms with E-state index in [0.29, 0.717) is 17.8 Å². The lowest BCUT2D eigenvalue weighted by Crippen LogP contribution is -2.37. The number of amides is 1. The number of nitrogens with two attached hydrogens (primary N) is 1. The summed E-state index contributed by atoms with van der Waals surface area (Å²) in [5.41, 5.74) is 7.09. The molecule has 1 atom stereocenters. The van der Waals surface area contributed by atoms with Gasteiger partial charge in [-0.1, -0.05) is 6.07 Å². The summed E-state index contributed by atoms with van der Waals surface area (Å²) in [7, 11) is 0. The number of carbonyl (C=O) groups is 1. The van der Waals surface area contributed by atoms with Gasteiger partial charge >= 0.3 is 0 Å². The molecule has 2 rings (SSSR count). The van der Waals surface area contributed by atoms with Crippen LogP contribution in [0.5, 0.6) is 11.5 Å². The molecule has 0 radical (unpaired) electrons. The van der Waals surface area contributed by atoms with Gasteiger partial charge in [-0.15, -0.1) is 0 Å². The Morgan fingerprint density at radius 2 is 2.19 bits per heavy atom. The number of aromatic nitrogens is 2. The van der Waals surface area contributed by atoms with Crippen molar-refractivity contribution in [1.82, 2.24) is 9.78 Å². The molecule has 0 aliphatic heterocycles. The zero-order valence-electron chi connectivity index (χ0n) is 11.7. The molecule has 1 aromatic heterocycles. The second-order valence-electron chi connectivity index (χ2n) is 4.71. The first kappa shape index (κ1) is 14.9. The van der Waals surface area contributed by atoms with Crippen molar-refractivity contribution in [3.05, 3.63) is 36.2 Å². The Bertz CT molecular complexity index is 639. The third-order valence-electron chi connectivity index (χ3n) is 3.06. The summed E-state index contributed by atoms with van der Waals surface area (Å²) < 4.78 is 1.69. The van der Waals surface area contributed by atoms with Gasteiger partial charge in [-0.3, -0.25) is 9.48 Å². The van der Waals surface area contributed by atoms with E-state index in [-0.39, 0.29) is 23.8 Å². The Morgan fingerprint density at radius 3 is 2.81 bits per heavy atom. The van der Waals surface area contributed by atoms with Crippen LogP contribution in [-0.4, -0.2) is 31.9 Å². The average molecular weight is 290 g/mol. The van der Waals surface area contributed by atoms with Crippen molar-refractivity contribution >= 4 is 11.6 Å². The van der Waals surface area contributed by atoms with Gasteiger partial charge in [0.25, 0.3) is 0 Å². The van der Waals surface area contributed by atoms with E-state index >= 15 is 0 Å². The quantitative estimate of drug-likeness (QED) is 0.609. The van der Waals surface area contributed by atoms with Crippen LogP contribution in [0, 0.1) is 0 Å². The SMILES string of the molecule is CCn1cc(NC(=O)[C@@H](N)Cc2ccc(O)c(O)c2)cn1. The van der Waals surface area contributed by atoms with E-state index in [4.69, 9.17) is 5.73 Å². The molecule has 0 unspecified atom stereocenters. The van der Waals surface area contributed by atoms with E-state index < -0.39 is 6.04 Å². The van der Waals surface area contributed by atoms with Gasteiger partial charge in [0.05, 0.1) is 17.9 Å². The van der Waals surface area contributed by atoms with E-state index in [0.717, 1.165) is 0 Å². The minimum absolute atomic E-state index is 0.205. The molecule has 1 aromatic carbocycles. The molecule has 0 fully saturated rings.